The maximum atomic E-state index is 5.94. The molecule has 2 saturated heterocycles. The molecule has 0 spiro atoms. The summed E-state index contributed by atoms with van der Waals surface area (Å²) >= 11 is 0. The smallest absolute Gasteiger partial charge is 0.00646 e. The summed E-state index contributed by atoms with van der Waals surface area (Å²) < 4.78 is 0. The molecule has 0 aromatic carbocycles. The number of fused-ring (bicyclic) bond motifs is 1. The van der Waals surface area contributed by atoms with Crippen LogP contribution >= 0.6 is 9.44 Å². The van der Waals surface area contributed by atoms with Gasteiger partial charge in [0.1, 0.15) is 0 Å². The van der Waals surface area contributed by atoms with Crippen molar-refractivity contribution < 1.29 is 0 Å². The van der Waals surface area contributed by atoms with Gasteiger partial charge < -0.3 is 0 Å². The minimum atomic E-state index is -0.380. The van der Waals surface area contributed by atoms with E-state index in [4.69, 9.17) is 5.69 Å². The molecule has 2 rings (SSSR count). The van der Waals surface area contributed by atoms with Gasteiger partial charge in [0.05, 0.1) is 0 Å². The highest BCUT2D eigenvalue weighted by atomic mass is 32.2. The van der Waals surface area contributed by atoms with Crippen molar-refractivity contribution in [1.29, 1.82) is 0 Å². The highest BCUT2D eigenvalue weighted by Gasteiger charge is 2.42. The fraction of sp³-hybridized carbons (Fsp3) is 0.833. The minimum absolute atomic E-state index is 0.380. The summed E-state index contributed by atoms with van der Waals surface area (Å²) in [4.78, 5) is 0. The van der Waals surface area contributed by atoms with Crippen LogP contribution in [0.3, 0.4) is 0 Å². The average molecular weight is 114 g/mol. The van der Waals surface area contributed by atoms with Gasteiger partial charge in [0.25, 0.3) is 0 Å². The molecular formula is C6H10S. The molecule has 0 nitrogen and oxygen atoms in total. The third-order valence-corrected chi connectivity index (χ3v) is 5.47. The van der Waals surface area contributed by atoms with Gasteiger partial charge in [-0.3, -0.25) is 0 Å². The van der Waals surface area contributed by atoms with Gasteiger partial charge >= 0.3 is 0 Å². The topological polar surface area (TPSA) is 0 Å². The van der Waals surface area contributed by atoms with E-state index in [2.05, 4.69) is 0 Å². The summed E-state index contributed by atoms with van der Waals surface area (Å²) in [5, 5.41) is 1.02. The van der Waals surface area contributed by atoms with Crippen molar-refractivity contribution >= 4 is 9.44 Å². The van der Waals surface area contributed by atoms with Gasteiger partial charge in [-0.2, -0.15) is 9.44 Å². The van der Waals surface area contributed by atoms with Crippen LogP contribution in [-0.4, -0.2) is 16.8 Å². The van der Waals surface area contributed by atoms with Crippen LogP contribution in [0, 0.1) is 5.69 Å². The van der Waals surface area contributed by atoms with E-state index in [1.165, 1.54) is 24.3 Å². The molecule has 2 aliphatic rings. The van der Waals surface area contributed by atoms with E-state index in [9.17, 15) is 0 Å². The van der Waals surface area contributed by atoms with E-state index in [1.54, 1.807) is 0 Å². The Balaban J connectivity index is 2.38. The summed E-state index contributed by atoms with van der Waals surface area (Å²) in [6.07, 6.45) is 2.88. The van der Waals surface area contributed by atoms with Crippen molar-refractivity contribution in [2.45, 2.75) is 18.1 Å². The zero-order chi connectivity index (χ0) is 4.91. The molecule has 1 heteroatoms. The predicted octanol–water partition coefficient (Wildman–Crippen LogP) is 1.56. The second-order valence-electron chi connectivity index (χ2n) is 2.64. The summed E-state index contributed by atoms with van der Waals surface area (Å²) in [7, 11) is -0.380. The summed E-state index contributed by atoms with van der Waals surface area (Å²) in [6.45, 7) is 0. The first kappa shape index (κ1) is 4.05. The van der Waals surface area contributed by atoms with E-state index in [0.29, 0.717) is 0 Å². The number of rotatable bonds is 0. The molecule has 0 aliphatic carbocycles. The summed E-state index contributed by atoms with van der Waals surface area (Å²) in [5.74, 6) is 2.80. The zero-order valence-corrected chi connectivity index (χ0v) is 5.21. The molecule has 0 saturated carbocycles. The van der Waals surface area contributed by atoms with Gasteiger partial charge in [-0.25, -0.2) is 0 Å². The standard InChI is InChI=1S/C6H10S/c1-7-4-2-3-6(7)5-7/h1,6H,2-5H2. The van der Waals surface area contributed by atoms with Crippen LogP contribution in [0.25, 0.3) is 0 Å². The second kappa shape index (κ2) is 0.936. The lowest BCUT2D eigenvalue weighted by Gasteiger charge is -1.86. The lowest BCUT2D eigenvalue weighted by atomic mass is 10.3. The first-order chi connectivity index (χ1) is 3.31. The molecule has 2 aliphatic heterocycles. The minimum Gasteiger partial charge on any atom is -0.187 e. The molecule has 2 heterocycles. The average Bonchev–Trinajstić information content (AvgIpc) is 2.09. The van der Waals surface area contributed by atoms with Crippen LogP contribution in [0.15, 0.2) is 0 Å². The van der Waals surface area contributed by atoms with Crippen LogP contribution in [0.2, 0.25) is 0 Å². The molecular weight excluding hydrogens is 104 g/mol. The highest BCUT2D eigenvalue weighted by molar-refractivity contribution is 8.30. The van der Waals surface area contributed by atoms with E-state index in [0.717, 1.165) is 5.25 Å². The van der Waals surface area contributed by atoms with Crippen LogP contribution in [0.5, 0.6) is 0 Å². The second-order valence-corrected chi connectivity index (χ2v) is 6.06. The molecule has 0 bridgehead atoms. The largest absolute Gasteiger partial charge is 0.187 e. The molecule has 2 unspecified atom stereocenters. The first-order valence-corrected chi connectivity index (χ1v) is 4.96. The third-order valence-electron chi connectivity index (χ3n) is 2.10. The summed E-state index contributed by atoms with van der Waals surface area (Å²) in [5.41, 5.74) is 5.94. The third kappa shape index (κ3) is 0.402. The molecule has 0 aromatic rings. The Labute approximate surface area is 45.5 Å². The molecule has 0 radical (unpaired) electrons. The SMILES string of the molecule is C#S12CCCC1C2. The quantitative estimate of drug-likeness (QED) is 0.419. The van der Waals surface area contributed by atoms with Crippen molar-refractivity contribution in [1.82, 2.24) is 0 Å². The molecule has 7 heavy (non-hydrogen) atoms. The van der Waals surface area contributed by atoms with Crippen molar-refractivity contribution in [2.24, 2.45) is 0 Å². The van der Waals surface area contributed by atoms with Crippen LogP contribution < -0.4 is 0 Å². The molecule has 0 aromatic heterocycles. The zero-order valence-electron chi connectivity index (χ0n) is 4.39. The fourth-order valence-electron chi connectivity index (χ4n) is 1.45. The number of hydrogen-bond donors (Lipinski definition) is 0. The fourth-order valence-corrected chi connectivity index (χ4v) is 4.60. The Kier molecular flexibility index (Phi) is 0.542. The Bertz CT molecular complexity index is 181. The lowest BCUT2D eigenvalue weighted by Crippen LogP contribution is -1.76. The van der Waals surface area contributed by atoms with E-state index < -0.39 is 0 Å². The Morgan fingerprint density at radius 3 is 2.57 bits per heavy atom. The van der Waals surface area contributed by atoms with Gasteiger partial charge in [-0.1, -0.05) is 0 Å². The van der Waals surface area contributed by atoms with Gasteiger partial charge in [-0.15, -0.1) is 5.69 Å². The Morgan fingerprint density at radius 1 is 1.57 bits per heavy atom. The van der Waals surface area contributed by atoms with E-state index >= 15 is 0 Å². The lowest BCUT2D eigenvalue weighted by molar-refractivity contribution is 0.860. The number of hydrogen-bond acceptors (Lipinski definition) is 0. The van der Waals surface area contributed by atoms with E-state index in [-0.39, 0.29) is 9.44 Å². The Hall–Kier alpha value is 0.130. The maximum Gasteiger partial charge on any atom is 0.00646 e. The predicted molar refractivity (Wildman–Crippen MR) is 35.3 cm³/mol. The van der Waals surface area contributed by atoms with Crippen LogP contribution in [-0.2, 0) is 0 Å². The van der Waals surface area contributed by atoms with Gasteiger partial charge in [0.15, 0.2) is 0 Å². The normalized spacial score (nSPS) is 56.7. The maximum absolute atomic E-state index is 5.94. The molecule has 2 fully saturated rings. The first-order valence-electron chi connectivity index (χ1n) is 2.87. The van der Waals surface area contributed by atoms with Gasteiger partial charge in [0.2, 0.25) is 0 Å². The molecule has 2 atom stereocenters. The monoisotopic (exact) mass is 114 g/mol. The van der Waals surface area contributed by atoms with Crippen LogP contribution in [0.1, 0.15) is 12.8 Å². The van der Waals surface area contributed by atoms with Crippen molar-refractivity contribution in [3.8, 4) is 5.69 Å². The molecule has 0 amide bonds. The van der Waals surface area contributed by atoms with Gasteiger partial charge in [-0.05, 0) is 24.3 Å². The van der Waals surface area contributed by atoms with Crippen molar-refractivity contribution in [2.75, 3.05) is 11.5 Å². The van der Waals surface area contributed by atoms with Crippen LogP contribution in [0.4, 0.5) is 0 Å². The van der Waals surface area contributed by atoms with Gasteiger partial charge in [0, 0.05) is 5.25 Å². The van der Waals surface area contributed by atoms with E-state index in [1.807, 2.05) is 0 Å². The van der Waals surface area contributed by atoms with Crippen molar-refractivity contribution in [3.05, 3.63) is 0 Å². The van der Waals surface area contributed by atoms with Crippen molar-refractivity contribution in [3.63, 3.8) is 0 Å². The molecule has 40 valence electrons. The highest BCUT2D eigenvalue weighted by Crippen LogP contribution is 2.62. The summed E-state index contributed by atoms with van der Waals surface area (Å²) in [6, 6.07) is 0. The Morgan fingerprint density at radius 2 is 2.43 bits per heavy atom. The molecule has 0 N–H and O–H groups in total.